The molecule has 112 heavy (non-hydrogen) atoms. The fourth-order valence-corrected chi connectivity index (χ4v) is 16.3. The number of esters is 2. The van der Waals surface area contributed by atoms with Gasteiger partial charge in [-0.05, 0) is 255 Å². The van der Waals surface area contributed by atoms with E-state index >= 15 is 0 Å². The molecule has 2 atom stereocenters. The summed E-state index contributed by atoms with van der Waals surface area (Å²) in [6.07, 6.45) is 7.89. The van der Waals surface area contributed by atoms with Crippen LogP contribution in [0, 0.1) is 40.8 Å². The number of likely N-dealkylation sites (tertiary alicyclic amines) is 4. The monoisotopic (exact) mass is 1590 g/mol. The first-order valence-electron chi connectivity index (χ1n) is 38.1. The molecule has 7 heterocycles. The fourth-order valence-electron chi connectivity index (χ4n) is 16.0. The maximum Gasteiger partial charge on any atom is 0.495 e. The van der Waals surface area contributed by atoms with Crippen LogP contribution in [0.1, 0.15) is 124 Å². The van der Waals surface area contributed by atoms with Crippen LogP contribution in [-0.4, -0.2) is 139 Å². The molecule has 0 spiro atoms. The van der Waals surface area contributed by atoms with Gasteiger partial charge in [-0.15, -0.1) is 0 Å². The number of halogens is 5. The highest BCUT2D eigenvalue weighted by molar-refractivity contribution is 9.10. The van der Waals surface area contributed by atoms with Gasteiger partial charge >= 0.3 is 32.3 Å². The molecule has 15 rings (SSSR count). The Kier molecular flexibility index (Phi) is 24.9. The molecule has 18 nitrogen and oxygen atoms in total. The van der Waals surface area contributed by atoms with Crippen LogP contribution in [0.4, 0.5) is 28.9 Å². The number of rotatable bonds is 20. The van der Waals surface area contributed by atoms with E-state index in [1.807, 2.05) is 112 Å². The standard InChI is InChI=1S/C41H40F2N4O4.C35H39BF2N2O6.C12H13BrN2/c1-25-30(27-15-16-28(34(20-27)44-3)23-46-17-5-6-18-46)10-7-11-31(25)32-12-8-13-33(26(32)2)39-45-35-21-29(37(51-41(42)43)22-38(35)50-39)24-47-19-9-14-36(47)40(48)49-4;1-20-23(24-12-9-14-26(21(24)2)36-45-34(3,4)35(5,6)46-36)11-8-13-25(20)31-39-27-17-22(29(44-33(37)38)18-30(27)43-31)19-40-16-10-15-28(40)32(41)42-7;1-14-12-8-11(13)5-4-10(12)9-15-6-2-3-7-15/h7-8,10-13,15-16,20-22,36,41H,5-6,9,14,17-19,23-24H2,1-2,4H3;8-9,11-14,17-18,28,33H,10,15-16,19H2,1-7H3;4-5,8H,2-3,6-7,9H2/t36-;28-;/m00./s1. The van der Waals surface area contributed by atoms with Gasteiger partial charge in [-0.3, -0.25) is 19.4 Å². The molecule has 0 N–H and O–H groups in total. The van der Waals surface area contributed by atoms with Gasteiger partial charge in [0, 0.05) is 65.0 Å². The van der Waals surface area contributed by atoms with E-state index < -0.39 is 43.6 Å². The van der Waals surface area contributed by atoms with Crippen molar-refractivity contribution in [2.75, 3.05) is 53.5 Å². The first kappa shape index (κ1) is 80.3. The molecule has 582 valence electrons. The third kappa shape index (κ3) is 17.5. The van der Waals surface area contributed by atoms with Crippen LogP contribution < -0.4 is 14.9 Å². The average molecular weight is 1590 g/mol. The SMILES string of the molecule is COC(=O)[C@@H]1CCCN1Cc1cc2nc(-c3cccc(-c4cccc(B5OC(C)(C)C(C)(C)O5)c4C)c3C)oc2cc1OC(F)F.[C-]#[N+]c1cc(-c2cccc(-c3cccc(-c4nc5cc(CN6CCC[C@H]6C(=O)OC)c(OC(F)F)cc5o4)c3C)c2C)ccc1CN1CCCC1.[C-]#[N+]c1cc(Br)ccc1CN1CCCC1. The molecule has 5 saturated heterocycles. The summed E-state index contributed by atoms with van der Waals surface area (Å²) < 4.78 is 99.8. The molecule has 5 aliphatic heterocycles. The number of oxazole rings is 2. The van der Waals surface area contributed by atoms with Crippen LogP contribution in [0.15, 0.2) is 147 Å². The van der Waals surface area contributed by atoms with E-state index in [1.54, 1.807) is 12.1 Å². The molecule has 24 heteroatoms. The van der Waals surface area contributed by atoms with Crippen molar-refractivity contribution < 1.29 is 64.2 Å². The molecule has 2 aromatic heterocycles. The topological polar surface area (TPSA) is 163 Å². The summed E-state index contributed by atoms with van der Waals surface area (Å²) in [5.74, 6) is 0.0138. The molecule has 10 aromatic rings. The summed E-state index contributed by atoms with van der Waals surface area (Å²) in [6.45, 7) is 33.3. The Balaban J connectivity index is 0.000000166. The van der Waals surface area contributed by atoms with Gasteiger partial charge in [-0.25, -0.2) is 19.7 Å². The number of methoxy groups -OCH3 is 2. The van der Waals surface area contributed by atoms with Crippen molar-refractivity contribution in [3.63, 3.8) is 0 Å². The predicted molar refractivity (Wildman–Crippen MR) is 430 cm³/mol. The summed E-state index contributed by atoms with van der Waals surface area (Å²) in [7, 11) is 2.21. The van der Waals surface area contributed by atoms with Crippen molar-refractivity contribution >= 4 is 74.0 Å². The summed E-state index contributed by atoms with van der Waals surface area (Å²) in [5.41, 5.74) is 18.1. The Morgan fingerprint density at radius 3 is 1.35 bits per heavy atom. The molecular weight excluding hydrogens is 1500 g/mol. The van der Waals surface area contributed by atoms with Crippen LogP contribution in [-0.2, 0) is 54.6 Å². The average Bonchev–Trinajstić information content (AvgIpc) is 1.53. The van der Waals surface area contributed by atoms with Crippen molar-refractivity contribution in [2.24, 2.45) is 0 Å². The number of nitrogens with zero attached hydrogens (tertiary/aromatic N) is 8. The van der Waals surface area contributed by atoms with Gasteiger partial charge in [-0.2, -0.15) is 17.6 Å². The van der Waals surface area contributed by atoms with Crippen molar-refractivity contribution in [3.8, 4) is 67.8 Å². The maximum atomic E-state index is 13.5. The van der Waals surface area contributed by atoms with E-state index in [-0.39, 0.29) is 36.5 Å². The normalized spacial score (nSPS) is 17.7. The van der Waals surface area contributed by atoms with E-state index in [0.29, 0.717) is 76.7 Å². The minimum absolute atomic E-state index is 0.0127. The van der Waals surface area contributed by atoms with Gasteiger partial charge in [0.1, 0.15) is 34.6 Å². The largest absolute Gasteiger partial charge is 0.495 e. The minimum atomic E-state index is -3.03. The number of carbonyl (C=O) groups is 2. The second kappa shape index (κ2) is 34.7. The van der Waals surface area contributed by atoms with Gasteiger partial charge in [0.05, 0.1) is 38.6 Å². The van der Waals surface area contributed by atoms with Gasteiger partial charge in [0.15, 0.2) is 22.5 Å². The van der Waals surface area contributed by atoms with Crippen molar-refractivity contribution in [1.82, 2.24) is 29.6 Å². The van der Waals surface area contributed by atoms with E-state index in [0.717, 1.165) is 133 Å². The molecule has 5 fully saturated rings. The van der Waals surface area contributed by atoms with E-state index in [1.165, 1.54) is 65.1 Å². The molecule has 0 bridgehead atoms. The minimum Gasteiger partial charge on any atom is -0.468 e. The van der Waals surface area contributed by atoms with Crippen LogP contribution in [0.25, 0.3) is 88.2 Å². The highest BCUT2D eigenvalue weighted by Gasteiger charge is 2.52. The molecule has 0 saturated carbocycles. The fraction of sp³-hybridized carbons (Fsp3) is 0.386. The zero-order valence-electron chi connectivity index (χ0n) is 64.9. The second-order valence-corrected chi connectivity index (χ2v) is 31.2. The maximum absolute atomic E-state index is 13.5. The predicted octanol–water partition coefficient (Wildman–Crippen LogP) is 19.7. The van der Waals surface area contributed by atoms with Gasteiger partial charge in [-0.1, -0.05) is 101 Å². The van der Waals surface area contributed by atoms with Gasteiger partial charge < -0.3 is 46.9 Å². The summed E-state index contributed by atoms with van der Waals surface area (Å²) in [6, 6.07) is 41.8. The zero-order valence-corrected chi connectivity index (χ0v) is 66.5. The van der Waals surface area contributed by atoms with Crippen LogP contribution in [0.3, 0.4) is 0 Å². The van der Waals surface area contributed by atoms with Gasteiger partial charge in [0.2, 0.25) is 11.8 Å². The van der Waals surface area contributed by atoms with Crippen LogP contribution in [0.2, 0.25) is 0 Å². The van der Waals surface area contributed by atoms with E-state index in [2.05, 4.69) is 97.8 Å². The molecule has 0 aliphatic carbocycles. The Labute approximate surface area is 660 Å². The number of hydrogen-bond acceptors (Lipinski definition) is 16. The molecule has 0 radical (unpaired) electrons. The molecular formula is C88H92BBrF4N8O10. The first-order chi connectivity index (χ1) is 53.8. The second-order valence-electron chi connectivity index (χ2n) is 30.3. The van der Waals surface area contributed by atoms with Crippen molar-refractivity contribution in [2.45, 2.75) is 169 Å². The lowest BCUT2D eigenvalue weighted by Gasteiger charge is -2.32. The van der Waals surface area contributed by atoms with E-state index in [9.17, 15) is 27.2 Å². The Morgan fingerprint density at radius 1 is 0.509 bits per heavy atom. The smallest absolute Gasteiger partial charge is 0.468 e. The third-order valence-corrected chi connectivity index (χ3v) is 23.3. The lowest BCUT2D eigenvalue weighted by molar-refractivity contribution is -0.146. The summed E-state index contributed by atoms with van der Waals surface area (Å²) in [5, 5.41) is 0. The number of benzene rings is 8. The van der Waals surface area contributed by atoms with Crippen molar-refractivity contribution in [3.05, 3.63) is 205 Å². The van der Waals surface area contributed by atoms with Crippen LogP contribution in [0.5, 0.6) is 11.5 Å². The Morgan fingerprint density at radius 2 is 0.911 bits per heavy atom. The number of hydrogen-bond donors (Lipinski definition) is 0. The summed E-state index contributed by atoms with van der Waals surface area (Å²) >= 11 is 3.39. The Hall–Kier alpha value is -9.76. The lowest BCUT2D eigenvalue weighted by atomic mass is 9.74. The molecule has 8 aromatic carbocycles. The molecule has 0 amide bonds. The van der Waals surface area contributed by atoms with Gasteiger partial charge in [0.25, 0.3) is 0 Å². The lowest BCUT2D eigenvalue weighted by Crippen LogP contribution is -2.41. The first-order valence-corrected chi connectivity index (χ1v) is 38.9. The van der Waals surface area contributed by atoms with E-state index in [4.69, 9.17) is 60.2 Å². The quantitative estimate of drug-likeness (QED) is 0.0306. The number of ether oxygens (including phenoxy) is 4. The molecule has 5 aliphatic rings. The highest BCUT2D eigenvalue weighted by Crippen LogP contribution is 2.44. The number of alkyl halides is 4. The summed E-state index contributed by atoms with van der Waals surface area (Å²) in [4.78, 5) is 50.4. The number of carbonyl (C=O) groups excluding carboxylic acids is 2. The molecule has 0 unspecified atom stereocenters. The number of aromatic nitrogens is 2. The third-order valence-electron chi connectivity index (χ3n) is 22.8. The highest BCUT2D eigenvalue weighted by atomic mass is 79.9. The Bertz CT molecular complexity index is 5200. The number of fused-ring (bicyclic) bond motifs is 2. The van der Waals surface area contributed by atoms with Crippen LogP contribution >= 0.6 is 15.9 Å². The van der Waals surface area contributed by atoms with Crippen molar-refractivity contribution in [1.29, 1.82) is 0 Å². The zero-order chi connectivity index (χ0) is 79.3.